The first kappa shape index (κ1) is 22.9. The van der Waals surface area contributed by atoms with Crippen molar-refractivity contribution in [1.82, 2.24) is 9.88 Å². The number of fused-ring (bicyclic) bond motifs is 1. The van der Waals surface area contributed by atoms with E-state index in [1.54, 1.807) is 4.57 Å². The van der Waals surface area contributed by atoms with E-state index in [1.165, 1.54) is 0 Å². The van der Waals surface area contributed by atoms with E-state index in [4.69, 9.17) is 0 Å². The van der Waals surface area contributed by atoms with Crippen molar-refractivity contribution in [3.63, 3.8) is 0 Å². The quantitative estimate of drug-likeness (QED) is 0.350. The smallest absolute Gasteiger partial charge is 0.283 e. The Bertz CT molecular complexity index is 1300. The van der Waals surface area contributed by atoms with Gasteiger partial charge in [-0.3, -0.25) is 9.59 Å². The number of azo groups is 1. The number of nitrogens with zero attached hydrogens (tertiary/aromatic N) is 3. The molecule has 0 saturated heterocycles. The van der Waals surface area contributed by atoms with Crippen LogP contribution in [0.2, 0.25) is 0 Å². The van der Waals surface area contributed by atoms with Gasteiger partial charge < -0.3 is 15.0 Å². The zero-order valence-electron chi connectivity index (χ0n) is 18.7. The summed E-state index contributed by atoms with van der Waals surface area (Å²) >= 11 is 0. The molecule has 3 aromatic carbocycles. The van der Waals surface area contributed by atoms with Crippen molar-refractivity contribution >= 4 is 28.4 Å². The molecule has 2 N–H and O–H groups in total. The van der Waals surface area contributed by atoms with Gasteiger partial charge in [-0.05, 0) is 30.0 Å². The largest absolute Gasteiger partial charge is 0.493 e. The Morgan fingerprint density at radius 3 is 2.15 bits per heavy atom. The lowest BCUT2D eigenvalue weighted by Crippen LogP contribution is -2.28. The lowest BCUT2D eigenvalue weighted by atomic mass is 10.1. The Hall–Kier alpha value is -4.26. The molecule has 1 aromatic heterocycles. The summed E-state index contributed by atoms with van der Waals surface area (Å²) < 4.78 is 1.77. The molecule has 0 aliphatic heterocycles. The van der Waals surface area contributed by atoms with Crippen molar-refractivity contribution < 1.29 is 14.7 Å². The number of nitrogens with one attached hydrogen (secondary N) is 1. The zero-order chi connectivity index (χ0) is 23.8. The van der Waals surface area contributed by atoms with Gasteiger partial charge in [-0.2, -0.15) is 0 Å². The molecule has 0 aliphatic rings. The van der Waals surface area contributed by atoms with Gasteiger partial charge in [0.05, 0.1) is 5.52 Å². The second-order valence-electron chi connectivity index (χ2n) is 7.93. The summed E-state index contributed by atoms with van der Waals surface area (Å²) in [5.41, 5.74) is 3.27. The average molecular weight is 455 g/mol. The highest BCUT2D eigenvalue weighted by Gasteiger charge is 2.16. The third-order valence-corrected chi connectivity index (χ3v) is 5.57. The molecule has 4 rings (SSSR count). The number of para-hydroxylation sites is 1. The van der Waals surface area contributed by atoms with Crippen LogP contribution in [-0.4, -0.2) is 28.0 Å². The number of hydrogen-bond acceptors (Lipinski definition) is 4. The van der Waals surface area contributed by atoms with Crippen LogP contribution in [0.5, 0.6) is 5.88 Å². The van der Waals surface area contributed by atoms with E-state index in [9.17, 15) is 14.7 Å². The molecular weight excluding hydrogens is 428 g/mol. The monoisotopic (exact) mass is 454 g/mol. The first-order valence-electron chi connectivity index (χ1n) is 11.2. The second-order valence-corrected chi connectivity index (χ2v) is 7.93. The highest BCUT2D eigenvalue weighted by molar-refractivity contribution is 5.95. The van der Waals surface area contributed by atoms with Crippen LogP contribution >= 0.6 is 0 Å². The maximum atomic E-state index is 12.2. The minimum absolute atomic E-state index is 0.0411. The van der Waals surface area contributed by atoms with Crippen LogP contribution in [0.3, 0.4) is 0 Å². The Labute approximate surface area is 197 Å². The first-order valence-corrected chi connectivity index (χ1v) is 11.2. The van der Waals surface area contributed by atoms with Crippen LogP contribution in [0.4, 0.5) is 5.69 Å². The number of aromatic hydroxyl groups is 1. The van der Waals surface area contributed by atoms with Gasteiger partial charge in [-0.25, -0.2) is 0 Å². The van der Waals surface area contributed by atoms with Gasteiger partial charge in [-0.1, -0.05) is 78.9 Å². The van der Waals surface area contributed by atoms with Gasteiger partial charge >= 0.3 is 0 Å². The number of benzene rings is 3. The fraction of sp³-hybridized carbons (Fsp3) is 0.185. The summed E-state index contributed by atoms with van der Waals surface area (Å²) in [4.78, 5) is 24.2. The van der Waals surface area contributed by atoms with E-state index in [1.807, 2.05) is 84.9 Å². The van der Waals surface area contributed by atoms with Crippen molar-refractivity contribution in [2.75, 3.05) is 6.54 Å². The minimum atomic E-state index is -0.589. The Morgan fingerprint density at radius 2 is 1.44 bits per heavy atom. The van der Waals surface area contributed by atoms with E-state index in [-0.39, 0.29) is 30.4 Å². The lowest BCUT2D eigenvalue weighted by Gasteiger charge is -2.07. The molecule has 4 aromatic rings. The highest BCUT2D eigenvalue weighted by atomic mass is 16.3. The first-order chi connectivity index (χ1) is 16.6. The van der Waals surface area contributed by atoms with Gasteiger partial charge in [0.25, 0.3) is 5.91 Å². The molecule has 34 heavy (non-hydrogen) atoms. The fourth-order valence-corrected chi connectivity index (χ4v) is 3.79. The van der Waals surface area contributed by atoms with E-state index in [0.717, 1.165) is 23.1 Å². The molecule has 2 amide bonds. The molecule has 7 nitrogen and oxygen atoms in total. The van der Waals surface area contributed by atoms with Crippen molar-refractivity contribution in [2.45, 2.75) is 25.8 Å². The number of hydrogen-bond donors (Lipinski definition) is 2. The van der Waals surface area contributed by atoms with Crippen LogP contribution < -0.4 is 5.32 Å². The van der Waals surface area contributed by atoms with Gasteiger partial charge in [0.15, 0.2) is 5.69 Å². The number of aromatic nitrogens is 1. The molecule has 172 valence electrons. The van der Waals surface area contributed by atoms with E-state index in [0.29, 0.717) is 18.4 Å². The Kier molecular flexibility index (Phi) is 7.45. The van der Waals surface area contributed by atoms with E-state index >= 15 is 0 Å². The number of carbonyl (C=O) groups excluding carboxylic acids is 2. The summed E-state index contributed by atoms with van der Waals surface area (Å²) in [6.07, 6.45) is 1.61. The van der Waals surface area contributed by atoms with Crippen molar-refractivity contribution in [2.24, 2.45) is 10.2 Å². The summed E-state index contributed by atoms with van der Waals surface area (Å²) in [5, 5.41) is 21.9. The molecule has 0 atom stereocenters. The van der Waals surface area contributed by atoms with Crippen LogP contribution in [-0.2, 0) is 29.0 Å². The molecule has 0 unspecified atom stereocenters. The highest BCUT2D eigenvalue weighted by Crippen LogP contribution is 2.38. The van der Waals surface area contributed by atoms with Crippen molar-refractivity contribution in [3.05, 3.63) is 96.1 Å². The maximum Gasteiger partial charge on any atom is 0.283 e. The summed E-state index contributed by atoms with van der Waals surface area (Å²) in [6.45, 7) is 0.307. The van der Waals surface area contributed by atoms with Gasteiger partial charge in [0.2, 0.25) is 11.8 Å². The zero-order valence-corrected chi connectivity index (χ0v) is 18.7. The normalized spacial score (nSPS) is 11.2. The topological polar surface area (TPSA) is 96.1 Å². The van der Waals surface area contributed by atoms with E-state index < -0.39 is 5.91 Å². The van der Waals surface area contributed by atoms with Crippen LogP contribution in [0.1, 0.15) is 17.5 Å². The number of rotatable bonds is 9. The SMILES string of the molecule is O=C(CNC(=O)CCc1ccccc1)N=Nc1c(O)n(CCc2ccccc2)c2ccccc12. The van der Waals surface area contributed by atoms with Crippen LogP contribution in [0.15, 0.2) is 95.2 Å². The van der Waals surface area contributed by atoms with Crippen LogP contribution in [0.25, 0.3) is 10.9 Å². The molecule has 0 aliphatic carbocycles. The summed E-state index contributed by atoms with van der Waals surface area (Å²) in [7, 11) is 0. The van der Waals surface area contributed by atoms with Gasteiger partial charge in [-0.15, -0.1) is 10.2 Å². The molecule has 0 saturated carbocycles. The van der Waals surface area contributed by atoms with Crippen molar-refractivity contribution in [3.8, 4) is 5.88 Å². The number of amides is 2. The third-order valence-electron chi connectivity index (χ3n) is 5.57. The average Bonchev–Trinajstić information content (AvgIpc) is 3.15. The minimum Gasteiger partial charge on any atom is -0.493 e. The second kappa shape index (κ2) is 11.0. The molecule has 0 spiro atoms. The van der Waals surface area contributed by atoms with E-state index in [2.05, 4.69) is 15.5 Å². The Balaban J connectivity index is 1.39. The third kappa shape index (κ3) is 5.75. The predicted molar refractivity (Wildman–Crippen MR) is 131 cm³/mol. The molecule has 1 heterocycles. The van der Waals surface area contributed by atoms with Gasteiger partial charge in [0, 0.05) is 18.4 Å². The maximum absolute atomic E-state index is 12.2. The van der Waals surface area contributed by atoms with Gasteiger partial charge in [0.1, 0.15) is 6.54 Å². The molecule has 7 heteroatoms. The number of carbonyl (C=O) groups is 2. The standard InChI is InChI=1S/C27H26N4O3/c32-24(16-15-20-9-3-1-4-10-20)28-19-25(33)29-30-26-22-13-7-8-14-23(22)31(27(26)34)18-17-21-11-5-2-6-12-21/h1-14,34H,15-19H2,(H,28,32). The lowest BCUT2D eigenvalue weighted by molar-refractivity contribution is -0.124. The Morgan fingerprint density at radius 1 is 0.824 bits per heavy atom. The van der Waals surface area contributed by atoms with Crippen molar-refractivity contribution in [1.29, 1.82) is 0 Å². The molecular formula is C27H26N4O3. The predicted octanol–water partition coefficient (Wildman–Crippen LogP) is 4.95. The number of aryl methyl sites for hydroxylation is 3. The molecule has 0 fully saturated rings. The fourth-order valence-electron chi connectivity index (χ4n) is 3.79. The molecule has 0 bridgehead atoms. The summed E-state index contributed by atoms with van der Waals surface area (Å²) in [6, 6.07) is 27.1. The molecule has 0 radical (unpaired) electrons. The van der Waals surface area contributed by atoms with Crippen LogP contribution in [0, 0.1) is 0 Å². The summed E-state index contributed by atoms with van der Waals surface area (Å²) in [5.74, 6) is -0.859.